The van der Waals surface area contributed by atoms with E-state index in [2.05, 4.69) is 20.9 Å². The van der Waals surface area contributed by atoms with Crippen molar-refractivity contribution in [2.45, 2.75) is 44.7 Å². The molecule has 2 bridgehead atoms. The van der Waals surface area contributed by atoms with E-state index in [0.717, 1.165) is 37.3 Å². The number of amides is 1. The van der Waals surface area contributed by atoms with E-state index in [4.69, 9.17) is 4.74 Å². The van der Waals surface area contributed by atoms with Crippen LogP contribution in [0.4, 0.5) is 0 Å². The largest absolute Gasteiger partial charge is 0.479 e. The van der Waals surface area contributed by atoms with Crippen LogP contribution in [0.15, 0.2) is 29.3 Å². The topological polar surface area (TPSA) is 80.6 Å². The number of pyridine rings is 1. The molecule has 2 aromatic rings. The quantitative estimate of drug-likeness (QED) is 0.747. The van der Waals surface area contributed by atoms with Gasteiger partial charge in [0.2, 0.25) is 5.88 Å². The lowest BCUT2D eigenvalue weighted by molar-refractivity contribution is 0.0583. The summed E-state index contributed by atoms with van der Waals surface area (Å²) < 4.78 is 7.20. The molecule has 2 fully saturated rings. The Hall–Kier alpha value is -2.74. The van der Waals surface area contributed by atoms with Crippen molar-refractivity contribution in [2.75, 3.05) is 33.3 Å². The van der Waals surface area contributed by atoms with Gasteiger partial charge in [-0.2, -0.15) is 0 Å². The zero-order chi connectivity index (χ0) is 21.4. The number of hydrogen-bond donors (Lipinski definition) is 0. The molecule has 3 aliphatic rings. The standard InChI is InChI=1S/C23H29N5O3/c1-31-21-20(24-7-8-25-21)23(30)27-12-16-11-18(15-27)19-6-5-17(22(29)28(19)13-16)14-26-9-3-2-4-10-26/h5-8,16,18H,2-4,9-15H2,1H3/t16-,18+/m0/s1. The molecule has 2 atom stereocenters. The molecule has 0 aromatic carbocycles. The fraction of sp³-hybridized carbons (Fsp3) is 0.565. The third-order valence-electron chi connectivity index (χ3n) is 6.87. The maximum atomic E-state index is 13.3. The molecule has 31 heavy (non-hydrogen) atoms. The van der Waals surface area contributed by atoms with Gasteiger partial charge >= 0.3 is 0 Å². The number of rotatable bonds is 4. The van der Waals surface area contributed by atoms with Crippen molar-refractivity contribution in [1.82, 2.24) is 24.3 Å². The number of piperidine rings is 2. The number of hydrogen-bond acceptors (Lipinski definition) is 6. The van der Waals surface area contributed by atoms with Crippen molar-refractivity contribution >= 4 is 5.91 Å². The summed E-state index contributed by atoms with van der Waals surface area (Å²) in [4.78, 5) is 39.0. The van der Waals surface area contributed by atoms with Crippen LogP contribution in [-0.4, -0.2) is 63.5 Å². The molecule has 164 valence electrons. The van der Waals surface area contributed by atoms with E-state index >= 15 is 0 Å². The van der Waals surface area contributed by atoms with E-state index in [0.29, 0.717) is 19.6 Å². The van der Waals surface area contributed by atoms with Gasteiger partial charge in [0.25, 0.3) is 11.5 Å². The maximum Gasteiger partial charge on any atom is 0.278 e. The first-order valence-electron chi connectivity index (χ1n) is 11.2. The Balaban J connectivity index is 1.37. The Kier molecular flexibility index (Phi) is 5.48. The Morgan fingerprint density at radius 3 is 2.71 bits per heavy atom. The van der Waals surface area contributed by atoms with Gasteiger partial charge in [-0.1, -0.05) is 12.5 Å². The predicted molar refractivity (Wildman–Crippen MR) is 115 cm³/mol. The minimum Gasteiger partial charge on any atom is -0.479 e. The van der Waals surface area contributed by atoms with Gasteiger partial charge in [-0.3, -0.25) is 14.5 Å². The van der Waals surface area contributed by atoms with Gasteiger partial charge < -0.3 is 14.2 Å². The van der Waals surface area contributed by atoms with Crippen LogP contribution < -0.4 is 10.3 Å². The van der Waals surface area contributed by atoms with Crippen LogP contribution in [0.5, 0.6) is 5.88 Å². The Bertz CT molecular complexity index is 1030. The molecule has 3 aliphatic heterocycles. The summed E-state index contributed by atoms with van der Waals surface area (Å²) in [5.41, 5.74) is 2.34. The number of nitrogens with zero attached hydrogens (tertiary/aromatic N) is 5. The molecule has 1 amide bonds. The first-order valence-corrected chi connectivity index (χ1v) is 11.2. The van der Waals surface area contributed by atoms with Crippen LogP contribution in [0, 0.1) is 5.92 Å². The Morgan fingerprint density at radius 2 is 1.90 bits per heavy atom. The van der Waals surface area contributed by atoms with Gasteiger partial charge in [-0.15, -0.1) is 0 Å². The van der Waals surface area contributed by atoms with Crippen LogP contribution >= 0.6 is 0 Å². The van der Waals surface area contributed by atoms with Gasteiger partial charge in [0.15, 0.2) is 5.69 Å². The van der Waals surface area contributed by atoms with Gasteiger partial charge in [0, 0.05) is 55.7 Å². The van der Waals surface area contributed by atoms with E-state index in [1.165, 1.54) is 38.8 Å². The third-order valence-corrected chi connectivity index (χ3v) is 6.87. The molecule has 0 spiro atoms. The number of carbonyl (C=O) groups is 1. The third kappa shape index (κ3) is 3.84. The van der Waals surface area contributed by atoms with Crippen molar-refractivity contribution in [3.8, 4) is 5.88 Å². The smallest absolute Gasteiger partial charge is 0.278 e. The molecule has 0 saturated carbocycles. The predicted octanol–water partition coefficient (Wildman–Crippen LogP) is 1.89. The Morgan fingerprint density at radius 1 is 1.10 bits per heavy atom. The minimum absolute atomic E-state index is 0.146. The normalized spacial score (nSPS) is 23.3. The molecule has 0 aliphatic carbocycles. The van der Waals surface area contributed by atoms with Gasteiger partial charge in [-0.05, 0) is 44.3 Å². The second-order valence-electron chi connectivity index (χ2n) is 8.96. The summed E-state index contributed by atoms with van der Waals surface area (Å²) in [6.07, 6.45) is 7.77. The van der Waals surface area contributed by atoms with E-state index in [-0.39, 0.29) is 34.9 Å². The zero-order valence-corrected chi connectivity index (χ0v) is 18.0. The van der Waals surface area contributed by atoms with Crippen molar-refractivity contribution < 1.29 is 9.53 Å². The first kappa shape index (κ1) is 20.2. The van der Waals surface area contributed by atoms with Crippen molar-refractivity contribution in [3.05, 3.63) is 51.8 Å². The highest BCUT2D eigenvalue weighted by atomic mass is 16.5. The fourth-order valence-corrected chi connectivity index (χ4v) is 5.41. The average molecular weight is 424 g/mol. The van der Waals surface area contributed by atoms with Crippen molar-refractivity contribution in [3.63, 3.8) is 0 Å². The number of aromatic nitrogens is 3. The Labute approximate surface area is 181 Å². The monoisotopic (exact) mass is 423 g/mol. The highest BCUT2D eigenvalue weighted by Gasteiger charge is 2.38. The molecule has 2 aromatic heterocycles. The summed E-state index contributed by atoms with van der Waals surface area (Å²) in [5, 5.41) is 0. The number of fused-ring (bicyclic) bond motifs is 4. The van der Waals surface area contributed by atoms with Crippen molar-refractivity contribution in [1.29, 1.82) is 0 Å². The van der Waals surface area contributed by atoms with Crippen molar-refractivity contribution in [2.24, 2.45) is 5.92 Å². The van der Waals surface area contributed by atoms with E-state index in [1.54, 1.807) is 0 Å². The molecule has 0 unspecified atom stereocenters. The van der Waals surface area contributed by atoms with Gasteiger partial charge in [0.1, 0.15) is 0 Å². The number of ether oxygens (including phenoxy) is 1. The molecule has 5 heterocycles. The summed E-state index contributed by atoms with van der Waals surface area (Å²) in [7, 11) is 1.50. The van der Waals surface area contributed by atoms with E-state index < -0.39 is 0 Å². The average Bonchev–Trinajstić information content (AvgIpc) is 2.81. The van der Waals surface area contributed by atoms with Crippen LogP contribution in [0.1, 0.15) is 53.3 Å². The number of likely N-dealkylation sites (tertiary alicyclic amines) is 2. The second-order valence-corrected chi connectivity index (χ2v) is 8.96. The van der Waals surface area contributed by atoms with Crippen LogP contribution in [0.25, 0.3) is 0 Å². The fourth-order valence-electron chi connectivity index (χ4n) is 5.41. The van der Waals surface area contributed by atoms with Crippen LogP contribution in [-0.2, 0) is 13.1 Å². The summed E-state index contributed by atoms with van der Waals surface area (Å²) >= 11 is 0. The van der Waals surface area contributed by atoms with Gasteiger partial charge in [0.05, 0.1) is 7.11 Å². The zero-order valence-electron chi connectivity index (χ0n) is 18.0. The number of carbonyl (C=O) groups excluding carboxylic acids is 1. The molecular weight excluding hydrogens is 394 g/mol. The lowest BCUT2D eigenvalue weighted by Gasteiger charge is -2.42. The van der Waals surface area contributed by atoms with E-state index in [1.807, 2.05) is 15.5 Å². The molecule has 8 nitrogen and oxygen atoms in total. The second kappa shape index (κ2) is 8.42. The number of methoxy groups -OCH3 is 1. The summed E-state index contributed by atoms with van der Waals surface area (Å²) in [6, 6.07) is 4.12. The molecular formula is C23H29N5O3. The summed E-state index contributed by atoms with van der Waals surface area (Å²) in [5.74, 6) is 0.524. The first-order chi connectivity index (χ1) is 15.1. The highest BCUT2D eigenvalue weighted by molar-refractivity contribution is 5.94. The van der Waals surface area contributed by atoms with Crippen LogP contribution in [0.3, 0.4) is 0 Å². The molecule has 8 heteroatoms. The summed E-state index contributed by atoms with van der Waals surface area (Å²) in [6.45, 7) is 4.77. The molecule has 0 radical (unpaired) electrons. The lowest BCUT2D eigenvalue weighted by Crippen LogP contribution is -2.49. The van der Waals surface area contributed by atoms with E-state index in [9.17, 15) is 9.59 Å². The molecule has 5 rings (SSSR count). The lowest BCUT2D eigenvalue weighted by atomic mass is 9.83. The highest BCUT2D eigenvalue weighted by Crippen LogP contribution is 2.36. The molecule has 2 saturated heterocycles. The van der Waals surface area contributed by atoms with Crippen LogP contribution in [0.2, 0.25) is 0 Å². The maximum absolute atomic E-state index is 13.3. The minimum atomic E-state index is -0.155. The molecule has 0 N–H and O–H groups in total. The SMILES string of the molecule is COc1nccnc1C(=O)N1C[C@@H]2C[C@H](C1)c1ccc(CN3CCCCC3)c(=O)n1C2. The van der Waals surface area contributed by atoms with Gasteiger partial charge in [-0.25, -0.2) is 9.97 Å².